The Morgan fingerprint density at radius 2 is 1.90 bits per heavy atom. The topological polar surface area (TPSA) is 70.2 Å². The fourth-order valence-corrected chi connectivity index (χ4v) is 1.96. The first-order valence-corrected chi connectivity index (χ1v) is 7.17. The predicted octanol–water partition coefficient (Wildman–Crippen LogP) is 2.42. The number of carbonyl (C=O) groups is 2. The molecule has 2 amide bonds. The van der Waals surface area contributed by atoms with Crippen LogP contribution in [0.3, 0.4) is 0 Å². The SMILES string of the molecule is CNc1ccc(Cl)cc1C(=O)NCCC(=O)NC(C)(C)C. The molecule has 21 heavy (non-hydrogen) atoms. The lowest BCUT2D eigenvalue weighted by Crippen LogP contribution is -2.42. The van der Waals surface area contributed by atoms with Crippen molar-refractivity contribution in [2.45, 2.75) is 32.7 Å². The van der Waals surface area contributed by atoms with E-state index in [4.69, 9.17) is 11.6 Å². The van der Waals surface area contributed by atoms with Crippen molar-refractivity contribution in [3.8, 4) is 0 Å². The maximum atomic E-state index is 12.1. The molecule has 0 bridgehead atoms. The zero-order valence-electron chi connectivity index (χ0n) is 12.8. The van der Waals surface area contributed by atoms with Crippen LogP contribution in [0.2, 0.25) is 5.02 Å². The summed E-state index contributed by atoms with van der Waals surface area (Å²) >= 11 is 5.90. The zero-order valence-corrected chi connectivity index (χ0v) is 13.6. The van der Waals surface area contributed by atoms with Crippen molar-refractivity contribution < 1.29 is 9.59 Å². The first-order valence-electron chi connectivity index (χ1n) is 6.79. The lowest BCUT2D eigenvalue weighted by molar-refractivity contribution is -0.122. The lowest BCUT2D eigenvalue weighted by atomic mass is 10.1. The number of benzene rings is 1. The van der Waals surface area contributed by atoms with Crippen molar-refractivity contribution in [3.63, 3.8) is 0 Å². The van der Waals surface area contributed by atoms with Gasteiger partial charge in [0.25, 0.3) is 5.91 Å². The Kier molecular flexibility index (Phi) is 6.03. The molecule has 1 rings (SSSR count). The van der Waals surface area contributed by atoms with Crippen LogP contribution < -0.4 is 16.0 Å². The molecule has 0 fully saturated rings. The van der Waals surface area contributed by atoms with Crippen LogP contribution in [0.1, 0.15) is 37.6 Å². The quantitative estimate of drug-likeness (QED) is 0.782. The molecule has 0 radical (unpaired) electrons. The summed E-state index contributed by atoms with van der Waals surface area (Å²) in [7, 11) is 1.73. The highest BCUT2D eigenvalue weighted by molar-refractivity contribution is 6.31. The van der Waals surface area contributed by atoms with Gasteiger partial charge in [0.1, 0.15) is 0 Å². The maximum absolute atomic E-state index is 12.1. The van der Waals surface area contributed by atoms with Crippen molar-refractivity contribution in [2.24, 2.45) is 0 Å². The van der Waals surface area contributed by atoms with E-state index < -0.39 is 0 Å². The summed E-state index contributed by atoms with van der Waals surface area (Å²) in [5, 5.41) is 8.99. The summed E-state index contributed by atoms with van der Waals surface area (Å²) in [5.74, 6) is -0.354. The molecule has 0 aliphatic carbocycles. The Bertz CT molecular complexity index is 524. The van der Waals surface area contributed by atoms with Crippen molar-refractivity contribution >= 4 is 29.1 Å². The van der Waals surface area contributed by atoms with Gasteiger partial charge in [-0.15, -0.1) is 0 Å². The van der Waals surface area contributed by atoms with Crippen molar-refractivity contribution in [3.05, 3.63) is 28.8 Å². The molecule has 0 saturated heterocycles. The zero-order chi connectivity index (χ0) is 16.0. The minimum Gasteiger partial charge on any atom is -0.387 e. The number of halogens is 1. The van der Waals surface area contributed by atoms with Crippen LogP contribution in [0.15, 0.2) is 18.2 Å². The molecule has 0 atom stereocenters. The molecule has 0 spiro atoms. The number of hydrogen-bond acceptors (Lipinski definition) is 3. The molecule has 0 aliphatic rings. The van der Waals surface area contributed by atoms with Gasteiger partial charge in [0.2, 0.25) is 5.91 Å². The molecule has 0 aromatic heterocycles. The van der Waals surface area contributed by atoms with Gasteiger partial charge in [-0.1, -0.05) is 11.6 Å². The first-order chi connectivity index (χ1) is 9.73. The van der Waals surface area contributed by atoms with Crippen molar-refractivity contribution in [1.82, 2.24) is 10.6 Å². The fraction of sp³-hybridized carbons (Fsp3) is 0.467. The van der Waals surface area contributed by atoms with Crippen LogP contribution in [0, 0.1) is 0 Å². The summed E-state index contributed by atoms with van der Waals surface area (Å²) in [4.78, 5) is 23.8. The van der Waals surface area contributed by atoms with E-state index in [1.165, 1.54) is 0 Å². The van der Waals surface area contributed by atoms with Crippen LogP contribution >= 0.6 is 11.6 Å². The van der Waals surface area contributed by atoms with E-state index >= 15 is 0 Å². The number of rotatable bonds is 5. The van der Waals surface area contributed by atoms with E-state index in [1.54, 1.807) is 25.2 Å². The van der Waals surface area contributed by atoms with Gasteiger partial charge in [-0.25, -0.2) is 0 Å². The normalized spacial score (nSPS) is 10.9. The van der Waals surface area contributed by atoms with Gasteiger partial charge in [0.15, 0.2) is 0 Å². The first kappa shape index (κ1) is 17.3. The molecule has 116 valence electrons. The maximum Gasteiger partial charge on any atom is 0.253 e. The van der Waals surface area contributed by atoms with E-state index in [9.17, 15) is 9.59 Å². The number of anilines is 1. The third-order valence-electron chi connectivity index (χ3n) is 2.65. The molecule has 6 heteroatoms. The highest BCUT2D eigenvalue weighted by Gasteiger charge is 2.15. The van der Waals surface area contributed by atoms with Crippen molar-refractivity contribution in [1.29, 1.82) is 0 Å². The highest BCUT2D eigenvalue weighted by atomic mass is 35.5. The average molecular weight is 312 g/mol. The Labute approximate surface area is 130 Å². The Hall–Kier alpha value is -1.75. The summed E-state index contributed by atoms with van der Waals surface area (Å²) in [6, 6.07) is 5.04. The molecule has 0 saturated carbocycles. The average Bonchev–Trinajstić information content (AvgIpc) is 2.36. The van der Waals surface area contributed by atoms with Gasteiger partial charge in [0.05, 0.1) is 5.56 Å². The number of carbonyl (C=O) groups excluding carboxylic acids is 2. The van der Waals surface area contributed by atoms with Crippen LogP contribution in [0.4, 0.5) is 5.69 Å². The second kappa shape index (κ2) is 7.31. The molecule has 5 nitrogen and oxygen atoms in total. The lowest BCUT2D eigenvalue weighted by Gasteiger charge is -2.20. The summed E-state index contributed by atoms with van der Waals surface area (Å²) in [6.45, 7) is 6.01. The van der Waals surface area contributed by atoms with Gasteiger partial charge in [0, 0.05) is 36.3 Å². The van der Waals surface area contributed by atoms with Gasteiger partial charge < -0.3 is 16.0 Å². The van der Waals surface area contributed by atoms with Crippen LogP contribution in [0.5, 0.6) is 0 Å². The van der Waals surface area contributed by atoms with Gasteiger partial charge >= 0.3 is 0 Å². The highest BCUT2D eigenvalue weighted by Crippen LogP contribution is 2.20. The third-order valence-corrected chi connectivity index (χ3v) is 2.88. The van der Waals surface area contributed by atoms with Gasteiger partial charge in [-0.2, -0.15) is 0 Å². The van der Waals surface area contributed by atoms with E-state index in [-0.39, 0.29) is 30.3 Å². The second-order valence-corrected chi connectivity index (χ2v) is 6.18. The van der Waals surface area contributed by atoms with E-state index in [0.717, 1.165) is 0 Å². The standard InChI is InChI=1S/C15H22ClN3O2/c1-15(2,3)19-13(20)7-8-18-14(21)11-9-10(16)5-6-12(11)17-4/h5-6,9,17H,7-8H2,1-4H3,(H,18,21)(H,19,20). The molecule has 0 unspecified atom stereocenters. The van der Waals surface area contributed by atoms with Crippen LogP contribution in [-0.4, -0.2) is 30.9 Å². The minimum absolute atomic E-state index is 0.0947. The van der Waals surface area contributed by atoms with Crippen LogP contribution in [-0.2, 0) is 4.79 Å². The molecule has 0 aliphatic heterocycles. The Morgan fingerprint density at radius 1 is 1.24 bits per heavy atom. The molecule has 1 aromatic carbocycles. The van der Waals surface area contributed by atoms with Gasteiger partial charge in [-0.3, -0.25) is 9.59 Å². The number of nitrogens with one attached hydrogen (secondary N) is 3. The number of amides is 2. The Morgan fingerprint density at radius 3 is 2.48 bits per heavy atom. The van der Waals surface area contributed by atoms with Crippen LogP contribution in [0.25, 0.3) is 0 Å². The predicted molar refractivity (Wildman–Crippen MR) is 85.8 cm³/mol. The van der Waals surface area contributed by atoms with Gasteiger partial charge in [-0.05, 0) is 39.0 Å². The minimum atomic E-state index is -0.270. The second-order valence-electron chi connectivity index (χ2n) is 5.74. The monoisotopic (exact) mass is 311 g/mol. The van der Waals surface area contributed by atoms with E-state index in [2.05, 4.69) is 16.0 Å². The van der Waals surface area contributed by atoms with E-state index in [0.29, 0.717) is 16.3 Å². The summed E-state index contributed by atoms with van der Waals surface area (Å²) in [5.41, 5.74) is 0.880. The summed E-state index contributed by atoms with van der Waals surface area (Å²) in [6.07, 6.45) is 0.235. The smallest absolute Gasteiger partial charge is 0.253 e. The third kappa shape index (κ3) is 6.04. The molecule has 1 aromatic rings. The molecule has 3 N–H and O–H groups in total. The fourth-order valence-electron chi connectivity index (χ4n) is 1.79. The summed E-state index contributed by atoms with van der Waals surface area (Å²) < 4.78 is 0. The number of hydrogen-bond donors (Lipinski definition) is 3. The van der Waals surface area contributed by atoms with E-state index in [1.807, 2.05) is 20.8 Å². The molecule has 0 heterocycles. The Balaban J connectivity index is 2.55. The largest absolute Gasteiger partial charge is 0.387 e. The molecular weight excluding hydrogens is 290 g/mol. The van der Waals surface area contributed by atoms with Crippen molar-refractivity contribution in [2.75, 3.05) is 18.9 Å². The molecular formula is C15H22ClN3O2.